The summed E-state index contributed by atoms with van der Waals surface area (Å²) in [4.78, 5) is 7.24. The van der Waals surface area contributed by atoms with Gasteiger partial charge in [0.05, 0.1) is 29.5 Å². The summed E-state index contributed by atoms with van der Waals surface area (Å²) in [5.74, 6) is 0.941. The van der Waals surface area contributed by atoms with Gasteiger partial charge in [-0.2, -0.15) is 0 Å². The number of nitrogens with zero attached hydrogens (tertiary/aromatic N) is 2. The number of benzene rings is 1. The Labute approximate surface area is 137 Å². The molecule has 0 aromatic heterocycles. The lowest BCUT2D eigenvalue weighted by Gasteiger charge is -2.30. The summed E-state index contributed by atoms with van der Waals surface area (Å²) >= 11 is 0. The molecule has 2 aliphatic rings. The summed E-state index contributed by atoms with van der Waals surface area (Å²) in [7, 11) is -3.25. The monoisotopic (exact) mass is 337 g/mol. The fraction of sp³-hybridized carbons (Fsp3) is 0.562. The Bertz CT molecular complexity index is 687. The second kappa shape index (κ2) is 6.88. The Hall–Kier alpha value is -1.60. The quantitative estimate of drug-likeness (QED) is 0.909. The molecule has 0 spiro atoms. The zero-order valence-electron chi connectivity index (χ0n) is 13.4. The van der Waals surface area contributed by atoms with Crippen molar-refractivity contribution in [2.75, 3.05) is 44.0 Å². The van der Waals surface area contributed by atoms with Crippen LogP contribution in [0.25, 0.3) is 0 Å². The van der Waals surface area contributed by atoms with E-state index >= 15 is 0 Å². The van der Waals surface area contributed by atoms with Crippen molar-refractivity contribution in [1.29, 1.82) is 0 Å². The maximum atomic E-state index is 11.9. The fourth-order valence-electron chi connectivity index (χ4n) is 2.87. The Kier molecular flexibility index (Phi) is 4.87. The van der Waals surface area contributed by atoms with Crippen molar-refractivity contribution in [3.05, 3.63) is 18.2 Å². The lowest BCUT2D eigenvalue weighted by atomic mass is 10.1. The smallest absolute Gasteiger partial charge is 0.175 e. The molecule has 1 aromatic rings. The topological polar surface area (TPSA) is 71.0 Å². The number of piperidine rings is 1. The maximum Gasteiger partial charge on any atom is 0.175 e. The predicted octanol–water partition coefficient (Wildman–Crippen LogP) is 1.73. The van der Waals surface area contributed by atoms with Crippen molar-refractivity contribution < 1.29 is 13.2 Å². The minimum atomic E-state index is -3.25. The summed E-state index contributed by atoms with van der Waals surface area (Å²) in [5, 5.41) is 3.31. The fourth-order valence-corrected chi connectivity index (χ4v) is 3.52. The van der Waals surface area contributed by atoms with E-state index in [1.54, 1.807) is 12.1 Å². The standard InChI is InChI=1S/C16H23N3O3S/c1-23(20,21)13-5-6-15(19-8-10-22-11-9-19)14(12-13)18-16-4-2-3-7-17-16/h5-6,12H,2-4,7-11H2,1H3,(H,17,18). The molecular formula is C16H23N3O3S. The molecule has 2 saturated heterocycles. The first-order chi connectivity index (χ1) is 11.0. The Morgan fingerprint density at radius 1 is 1.22 bits per heavy atom. The van der Waals surface area contributed by atoms with Crippen molar-refractivity contribution >= 4 is 27.0 Å². The molecule has 0 bridgehead atoms. The van der Waals surface area contributed by atoms with Crippen molar-refractivity contribution in [3.8, 4) is 0 Å². The first kappa shape index (κ1) is 16.3. The van der Waals surface area contributed by atoms with E-state index in [0.717, 1.165) is 56.1 Å². The molecule has 0 amide bonds. The highest BCUT2D eigenvalue weighted by molar-refractivity contribution is 7.90. The second-order valence-corrected chi connectivity index (χ2v) is 7.98. The molecule has 126 valence electrons. The molecule has 3 rings (SSSR count). The SMILES string of the molecule is CS(=O)(=O)c1ccc(N2CCOCC2)c(/N=C2\CCCCN2)c1. The van der Waals surface area contributed by atoms with Crippen LogP contribution in [0.5, 0.6) is 0 Å². The predicted molar refractivity (Wildman–Crippen MR) is 91.5 cm³/mol. The molecule has 0 atom stereocenters. The number of nitrogens with one attached hydrogen (secondary N) is 1. The van der Waals surface area contributed by atoms with Gasteiger partial charge in [-0.05, 0) is 31.0 Å². The molecule has 1 N–H and O–H groups in total. The van der Waals surface area contributed by atoms with Gasteiger partial charge in [-0.3, -0.25) is 0 Å². The van der Waals surface area contributed by atoms with Gasteiger partial charge < -0.3 is 15.0 Å². The minimum Gasteiger partial charge on any atom is -0.378 e. The van der Waals surface area contributed by atoms with E-state index in [-0.39, 0.29) is 0 Å². The zero-order valence-corrected chi connectivity index (χ0v) is 14.2. The lowest BCUT2D eigenvalue weighted by molar-refractivity contribution is 0.123. The Morgan fingerprint density at radius 3 is 2.65 bits per heavy atom. The van der Waals surface area contributed by atoms with Crippen molar-refractivity contribution in [3.63, 3.8) is 0 Å². The van der Waals surface area contributed by atoms with E-state index in [2.05, 4.69) is 10.2 Å². The van der Waals surface area contributed by atoms with Gasteiger partial charge in [-0.25, -0.2) is 13.4 Å². The Morgan fingerprint density at radius 2 is 2.00 bits per heavy atom. The van der Waals surface area contributed by atoms with Crippen molar-refractivity contribution in [1.82, 2.24) is 5.32 Å². The number of amidine groups is 1. The zero-order chi connectivity index (χ0) is 16.3. The number of anilines is 1. The van der Waals surface area contributed by atoms with Crippen LogP contribution in [0.3, 0.4) is 0 Å². The third-order valence-corrected chi connectivity index (χ3v) is 5.26. The van der Waals surface area contributed by atoms with Crippen LogP contribution in [-0.4, -0.2) is 53.4 Å². The van der Waals surface area contributed by atoms with Crippen LogP contribution in [0.1, 0.15) is 19.3 Å². The number of hydrogen-bond donors (Lipinski definition) is 1. The largest absolute Gasteiger partial charge is 0.378 e. The number of morpholine rings is 1. The molecule has 2 fully saturated rings. The highest BCUT2D eigenvalue weighted by atomic mass is 32.2. The molecule has 0 radical (unpaired) electrons. The Balaban J connectivity index is 2.00. The van der Waals surface area contributed by atoms with Gasteiger partial charge in [-0.15, -0.1) is 0 Å². The van der Waals surface area contributed by atoms with Crippen LogP contribution in [0, 0.1) is 0 Å². The number of sulfone groups is 1. The van der Waals surface area contributed by atoms with Crippen LogP contribution in [0.2, 0.25) is 0 Å². The van der Waals surface area contributed by atoms with E-state index in [4.69, 9.17) is 9.73 Å². The summed E-state index contributed by atoms with van der Waals surface area (Å²) in [6.07, 6.45) is 4.40. The molecule has 6 nitrogen and oxygen atoms in total. The third-order valence-electron chi connectivity index (χ3n) is 4.15. The first-order valence-corrected chi connectivity index (χ1v) is 9.91. The number of hydrogen-bond acceptors (Lipinski definition) is 5. The van der Waals surface area contributed by atoms with Crippen molar-refractivity contribution in [2.24, 2.45) is 4.99 Å². The molecule has 1 aromatic carbocycles. The van der Waals surface area contributed by atoms with Crippen molar-refractivity contribution in [2.45, 2.75) is 24.2 Å². The van der Waals surface area contributed by atoms with Gasteiger partial charge in [0.15, 0.2) is 9.84 Å². The number of rotatable bonds is 3. The molecular weight excluding hydrogens is 314 g/mol. The molecule has 0 aliphatic carbocycles. The van der Waals surface area contributed by atoms with Crippen LogP contribution < -0.4 is 10.2 Å². The van der Waals surface area contributed by atoms with Crippen LogP contribution in [0.15, 0.2) is 28.1 Å². The summed E-state index contributed by atoms with van der Waals surface area (Å²) in [5.41, 5.74) is 1.69. The van der Waals surface area contributed by atoms with E-state index in [0.29, 0.717) is 18.1 Å². The second-order valence-electron chi connectivity index (χ2n) is 5.96. The van der Waals surface area contributed by atoms with Crippen LogP contribution in [0.4, 0.5) is 11.4 Å². The van der Waals surface area contributed by atoms with Crippen LogP contribution in [-0.2, 0) is 14.6 Å². The van der Waals surface area contributed by atoms with E-state index in [1.807, 2.05) is 6.07 Å². The molecule has 0 unspecified atom stereocenters. The lowest BCUT2D eigenvalue weighted by Crippen LogP contribution is -2.36. The number of ether oxygens (including phenoxy) is 1. The van der Waals surface area contributed by atoms with E-state index < -0.39 is 9.84 Å². The summed E-state index contributed by atoms with van der Waals surface area (Å²) < 4.78 is 29.1. The third kappa shape index (κ3) is 4.03. The van der Waals surface area contributed by atoms with E-state index in [1.165, 1.54) is 6.26 Å². The minimum absolute atomic E-state index is 0.310. The maximum absolute atomic E-state index is 11.9. The average Bonchev–Trinajstić information content (AvgIpc) is 2.56. The molecule has 0 saturated carbocycles. The summed E-state index contributed by atoms with van der Waals surface area (Å²) in [6.45, 7) is 3.88. The normalized spacial score (nSPS) is 21.3. The van der Waals surface area contributed by atoms with E-state index in [9.17, 15) is 8.42 Å². The van der Waals surface area contributed by atoms with Gasteiger partial charge in [0.2, 0.25) is 0 Å². The van der Waals surface area contributed by atoms with Crippen LogP contribution >= 0.6 is 0 Å². The number of aliphatic imine (C=N–C) groups is 1. The molecule has 23 heavy (non-hydrogen) atoms. The van der Waals surface area contributed by atoms with Gasteiger partial charge >= 0.3 is 0 Å². The van der Waals surface area contributed by atoms with Gasteiger partial charge in [0.1, 0.15) is 5.84 Å². The van der Waals surface area contributed by atoms with Gasteiger partial charge in [0, 0.05) is 32.3 Å². The van der Waals surface area contributed by atoms with Gasteiger partial charge in [0.25, 0.3) is 0 Å². The molecule has 2 aliphatic heterocycles. The summed E-state index contributed by atoms with van der Waals surface area (Å²) in [6, 6.07) is 5.21. The average molecular weight is 337 g/mol. The molecule has 2 heterocycles. The highest BCUT2D eigenvalue weighted by Gasteiger charge is 2.18. The molecule has 7 heteroatoms. The first-order valence-electron chi connectivity index (χ1n) is 8.02. The highest BCUT2D eigenvalue weighted by Crippen LogP contribution is 2.32. The van der Waals surface area contributed by atoms with Gasteiger partial charge in [-0.1, -0.05) is 0 Å².